The molecule has 0 radical (unpaired) electrons. The normalized spacial score (nSPS) is 12.1. The van der Waals surface area contributed by atoms with Gasteiger partial charge in [-0.25, -0.2) is 0 Å². The number of benzene rings is 1. The largest absolute Gasteiger partial charge is 0.0746 e. The maximum absolute atomic E-state index is 3.49. The van der Waals surface area contributed by atoms with E-state index in [0.29, 0.717) is 0 Å². The summed E-state index contributed by atoms with van der Waals surface area (Å²) < 4.78 is 0. The molecule has 0 spiro atoms. The molecule has 1 rings (SSSR count). The Hall–Kier alpha value is -0.130. The van der Waals surface area contributed by atoms with Crippen LogP contribution in [0.15, 0.2) is 35.3 Å². The van der Waals surface area contributed by atoms with Crippen molar-refractivity contribution in [1.29, 1.82) is 0 Å². The molecule has 0 heterocycles. The van der Waals surface area contributed by atoms with Gasteiger partial charge in [0.15, 0.2) is 0 Å². The second-order valence-electron chi connectivity index (χ2n) is 3.03. The molecule has 0 saturated heterocycles. The molecule has 2 heteroatoms. The fraction of sp³-hybridized carbons (Fsp3) is 0.333. The lowest BCUT2D eigenvalue weighted by molar-refractivity contribution is 1.42. The molecule has 0 aromatic heterocycles. The third-order valence-electron chi connectivity index (χ3n) is 2.28. The molecule has 0 unspecified atom stereocenters. The van der Waals surface area contributed by atoms with Gasteiger partial charge in [-0.2, -0.15) is 0 Å². The summed E-state index contributed by atoms with van der Waals surface area (Å²) >= 11 is 3.49. The van der Waals surface area contributed by atoms with E-state index >= 15 is 0 Å². The Kier molecular flexibility index (Phi) is 5.44. The van der Waals surface area contributed by atoms with Crippen LogP contribution in [0.25, 0.3) is 5.31 Å². The van der Waals surface area contributed by atoms with Gasteiger partial charge >= 0.3 is 0 Å². The van der Waals surface area contributed by atoms with Crippen molar-refractivity contribution in [2.45, 2.75) is 13.8 Å². The van der Waals surface area contributed by atoms with Gasteiger partial charge < -0.3 is 0 Å². The van der Waals surface area contributed by atoms with Crippen molar-refractivity contribution in [2.24, 2.45) is 0 Å². The maximum atomic E-state index is 3.49. The quantitative estimate of drug-likeness (QED) is 0.683. The van der Waals surface area contributed by atoms with Crippen LogP contribution in [0.1, 0.15) is 19.4 Å². The predicted octanol–water partition coefficient (Wildman–Crippen LogP) is 4.90. The molecule has 0 saturated carbocycles. The van der Waals surface area contributed by atoms with E-state index in [9.17, 15) is 0 Å². The molecule has 14 heavy (non-hydrogen) atoms. The van der Waals surface area contributed by atoms with Crippen LogP contribution >= 0.6 is 23.9 Å². The van der Waals surface area contributed by atoms with E-state index in [1.165, 1.54) is 23.2 Å². The standard InChI is InChI=1S/C12H16BrP/c1-3-14(4-2)12(10-13)11-8-6-5-7-9-11/h5-10H,3-4H2,1-2H3/b12-10-. The topological polar surface area (TPSA) is 0 Å². The van der Waals surface area contributed by atoms with Crippen LogP contribution in [-0.2, 0) is 0 Å². The lowest BCUT2D eigenvalue weighted by Gasteiger charge is -2.17. The molecule has 0 nitrogen and oxygen atoms in total. The van der Waals surface area contributed by atoms with Gasteiger partial charge in [0.2, 0.25) is 0 Å². The van der Waals surface area contributed by atoms with Crippen LogP contribution in [0.3, 0.4) is 0 Å². The molecule has 0 bridgehead atoms. The summed E-state index contributed by atoms with van der Waals surface area (Å²) in [4.78, 5) is 2.10. The van der Waals surface area contributed by atoms with Crippen LogP contribution in [0.2, 0.25) is 0 Å². The Morgan fingerprint density at radius 2 is 1.79 bits per heavy atom. The highest BCUT2D eigenvalue weighted by Crippen LogP contribution is 2.50. The third-order valence-corrected chi connectivity index (χ3v) is 5.68. The maximum Gasteiger partial charge on any atom is -0.00996 e. The lowest BCUT2D eigenvalue weighted by Crippen LogP contribution is -1.87. The summed E-state index contributed by atoms with van der Waals surface area (Å²) in [6.45, 7) is 4.54. The molecule has 0 aliphatic carbocycles. The summed E-state index contributed by atoms with van der Waals surface area (Å²) in [6, 6.07) is 10.6. The van der Waals surface area contributed by atoms with Crippen LogP contribution in [-0.4, -0.2) is 12.3 Å². The Labute approximate surface area is 96.3 Å². The van der Waals surface area contributed by atoms with Gasteiger partial charge in [0, 0.05) is 0 Å². The van der Waals surface area contributed by atoms with Crippen molar-refractivity contribution in [2.75, 3.05) is 12.3 Å². The van der Waals surface area contributed by atoms with Crippen molar-refractivity contribution in [3.8, 4) is 0 Å². The second kappa shape index (κ2) is 6.37. The summed E-state index contributed by atoms with van der Waals surface area (Å²) in [5, 5.41) is 1.48. The van der Waals surface area contributed by atoms with E-state index in [2.05, 4.69) is 65.1 Å². The SMILES string of the molecule is CCP(CC)/C(=C\Br)c1ccccc1. The van der Waals surface area contributed by atoms with Gasteiger partial charge in [-0.1, -0.05) is 68.0 Å². The third kappa shape index (κ3) is 2.93. The molecule has 0 amide bonds. The number of hydrogen-bond acceptors (Lipinski definition) is 0. The van der Waals surface area contributed by atoms with Crippen molar-refractivity contribution in [1.82, 2.24) is 0 Å². The molecule has 0 aliphatic heterocycles. The highest BCUT2D eigenvalue weighted by molar-refractivity contribution is 9.11. The van der Waals surface area contributed by atoms with Gasteiger partial charge in [-0.15, -0.1) is 0 Å². The van der Waals surface area contributed by atoms with E-state index in [4.69, 9.17) is 0 Å². The Morgan fingerprint density at radius 1 is 1.21 bits per heavy atom. The van der Waals surface area contributed by atoms with Crippen LogP contribution in [0.4, 0.5) is 0 Å². The fourth-order valence-corrected chi connectivity index (χ4v) is 4.40. The number of rotatable bonds is 4. The smallest absolute Gasteiger partial charge is 0.00996 e. The Balaban J connectivity index is 2.94. The van der Waals surface area contributed by atoms with Crippen molar-refractivity contribution < 1.29 is 0 Å². The molecule has 0 fully saturated rings. The molecular weight excluding hydrogens is 255 g/mol. The summed E-state index contributed by atoms with van der Waals surface area (Å²) in [7, 11) is 0.0182. The fourth-order valence-electron chi connectivity index (χ4n) is 1.49. The lowest BCUT2D eigenvalue weighted by atomic mass is 10.2. The highest BCUT2D eigenvalue weighted by Gasteiger charge is 2.10. The molecule has 76 valence electrons. The molecule has 0 atom stereocenters. The average molecular weight is 271 g/mol. The van der Waals surface area contributed by atoms with Gasteiger partial charge in [0.25, 0.3) is 0 Å². The van der Waals surface area contributed by atoms with Gasteiger partial charge in [0.05, 0.1) is 0 Å². The molecular formula is C12H16BrP. The Bertz CT molecular complexity index is 288. The first-order valence-electron chi connectivity index (χ1n) is 4.94. The van der Waals surface area contributed by atoms with Gasteiger partial charge in [-0.05, 0) is 28.2 Å². The van der Waals surface area contributed by atoms with Crippen molar-refractivity contribution >= 4 is 29.2 Å². The minimum atomic E-state index is 0.0182. The van der Waals surface area contributed by atoms with E-state index in [-0.39, 0.29) is 7.92 Å². The van der Waals surface area contributed by atoms with Crippen LogP contribution < -0.4 is 0 Å². The zero-order valence-electron chi connectivity index (χ0n) is 8.70. The van der Waals surface area contributed by atoms with E-state index in [1.807, 2.05) is 0 Å². The zero-order valence-corrected chi connectivity index (χ0v) is 11.2. The first-order chi connectivity index (χ1) is 6.83. The summed E-state index contributed by atoms with van der Waals surface area (Å²) in [6.07, 6.45) is 2.52. The van der Waals surface area contributed by atoms with Crippen molar-refractivity contribution in [3.05, 3.63) is 40.9 Å². The van der Waals surface area contributed by atoms with E-state index < -0.39 is 0 Å². The van der Waals surface area contributed by atoms with Crippen LogP contribution in [0, 0.1) is 0 Å². The monoisotopic (exact) mass is 270 g/mol. The predicted molar refractivity (Wildman–Crippen MR) is 71.3 cm³/mol. The van der Waals surface area contributed by atoms with E-state index in [1.54, 1.807) is 0 Å². The number of hydrogen-bond donors (Lipinski definition) is 0. The molecule has 0 aliphatic rings. The van der Waals surface area contributed by atoms with Crippen LogP contribution in [0.5, 0.6) is 0 Å². The first-order valence-corrected chi connectivity index (χ1v) is 7.57. The van der Waals surface area contributed by atoms with E-state index in [0.717, 1.165) is 0 Å². The second-order valence-corrected chi connectivity index (χ2v) is 6.32. The summed E-state index contributed by atoms with van der Waals surface area (Å²) in [5.41, 5.74) is 1.36. The van der Waals surface area contributed by atoms with Gasteiger partial charge in [-0.3, -0.25) is 0 Å². The average Bonchev–Trinajstić information content (AvgIpc) is 2.27. The minimum Gasteiger partial charge on any atom is -0.0746 e. The Morgan fingerprint density at radius 3 is 2.21 bits per heavy atom. The summed E-state index contributed by atoms with van der Waals surface area (Å²) in [5.74, 6) is 0. The van der Waals surface area contributed by atoms with Gasteiger partial charge in [0.1, 0.15) is 0 Å². The molecule has 1 aromatic rings. The first kappa shape index (κ1) is 11.9. The molecule has 0 N–H and O–H groups in total. The number of halogens is 1. The minimum absolute atomic E-state index is 0.0182. The van der Waals surface area contributed by atoms with Crippen molar-refractivity contribution in [3.63, 3.8) is 0 Å². The highest BCUT2D eigenvalue weighted by atomic mass is 79.9. The molecule has 1 aromatic carbocycles. The zero-order chi connectivity index (χ0) is 10.4.